The Labute approximate surface area is 133 Å². The molecule has 5 heteroatoms. The van der Waals surface area contributed by atoms with E-state index in [4.69, 9.17) is 5.73 Å². The Hall–Kier alpha value is -2.14. The van der Waals surface area contributed by atoms with E-state index in [-0.39, 0.29) is 5.82 Å². The van der Waals surface area contributed by atoms with Crippen molar-refractivity contribution < 1.29 is 4.39 Å². The lowest BCUT2D eigenvalue weighted by Crippen LogP contribution is -2.30. The number of H-pyrrole nitrogens is 1. The third kappa shape index (κ3) is 2.13. The number of nitrogen functional groups attached to an aromatic ring is 1. The second kappa shape index (κ2) is 4.95. The molecule has 1 aliphatic heterocycles. The number of halogens is 1. The van der Waals surface area contributed by atoms with E-state index in [0.29, 0.717) is 5.69 Å². The molecule has 0 fully saturated rings. The molecular weight excluding hydrogens is 297 g/mol. The van der Waals surface area contributed by atoms with Crippen molar-refractivity contribution in [3.8, 4) is 0 Å². The summed E-state index contributed by atoms with van der Waals surface area (Å²) in [6, 6.07) is 10.8. The van der Waals surface area contributed by atoms with Gasteiger partial charge in [-0.1, -0.05) is 0 Å². The first kappa shape index (κ1) is 13.5. The molecule has 1 aliphatic rings. The van der Waals surface area contributed by atoms with Crippen LogP contribution in [0.3, 0.4) is 0 Å². The number of anilines is 2. The van der Waals surface area contributed by atoms with Gasteiger partial charge in [0.1, 0.15) is 5.82 Å². The molecule has 0 spiro atoms. The molecule has 3 N–H and O–H groups in total. The number of benzene rings is 2. The second-order valence-corrected chi connectivity index (χ2v) is 6.17. The standard InChI is InChI=1S/C17H16FN3S/c18-10-1-4-15-13(7-10)12-5-6-21(9-16(12)20-15)11-2-3-14(19)17(22)8-11/h1-4,7-8,20,22H,5-6,9,19H2. The van der Waals surface area contributed by atoms with Crippen LogP contribution in [-0.4, -0.2) is 11.5 Å². The van der Waals surface area contributed by atoms with E-state index in [1.165, 1.54) is 11.6 Å². The summed E-state index contributed by atoms with van der Waals surface area (Å²) < 4.78 is 13.5. The largest absolute Gasteiger partial charge is 0.398 e. The lowest BCUT2D eigenvalue weighted by Gasteiger charge is -2.29. The molecule has 0 unspecified atom stereocenters. The molecule has 3 nitrogen and oxygen atoms in total. The molecule has 22 heavy (non-hydrogen) atoms. The number of nitrogens with two attached hydrogens (primary N) is 1. The molecule has 112 valence electrons. The first-order valence-electron chi connectivity index (χ1n) is 7.24. The van der Waals surface area contributed by atoms with Crippen molar-refractivity contribution in [2.45, 2.75) is 17.9 Å². The summed E-state index contributed by atoms with van der Waals surface area (Å²) in [7, 11) is 0. The summed E-state index contributed by atoms with van der Waals surface area (Å²) in [5, 5.41) is 1.00. The first-order chi connectivity index (χ1) is 10.6. The van der Waals surface area contributed by atoms with Crippen molar-refractivity contribution in [2.75, 3.05) is 17.2 Å². The summed E-state index contributed by atoms with van der Waals surface area (Å²) in [6.45, 7) is 1.68. The van der Waals surface area contributed by atoms with Gasteiger partial charge in [0.2, 0.25) is 0 Å². The Morgan fingerprint density at radius 3 is 2.86 bits per heavy atom. The zero-order valence-corrected chi connectivity index (χ0v) is 12.8. The molecule has 0 aliphatic carbocycles. The molecule has 0 atom stereocenters. The molecule has 0 saturated carbocycles. The molecular formula is C17H16FN3S. The van der Waals surface area contributed by atoms with Crippen molar-refractivity contribution in [3.05, 3.63) is 53.5 Å². The lowest BCUT2D eigenvalue weighted by atomic mass is 10.0. The number of hydrogen-bond acceptors (Lipinski definition) is 3. The Balaban J connectivity index is 1.72. The number of hydrogen-bond donors (Lipinski definition) is 3. The van der Waals surface area contributed by atoms with Crippen molar-refractivity contribution in [1.29, 1.82) is 0 Å². The van der Waals surface area contributed by atoms with Crippen LogP contribution in [0.1, 0.15) is 11.3 Å². The van der Waals surface area contributed by atoms with Crippen LogP contribution in [0.4, 0.5) is 15.8 Å². The highest BCUT2D eigenvalue weighted by molar-refractivity contribution is 7.80. The van der Waals surface area contributed by atoms with Crippen LogP contribution in [0.2, 0.25) is 0 Å². The minimum atomic E-state index is -0.185. The van der Waals surface area contributed by atoms with E-state index in [2.05, 4.69) is 22.5 Å². The monoisotopic (exact) mass is 313 g/mol. The highest BCUT2D eigenvalue weighted by atomic mass is 32.1. The summed E-state index contributed by atoms with van der Waals surface area (Å²) in [4.78, 5) is 6.50. The van der Waals surface area contributed by atoms with Gasteiger partial charge in [0.05, 0.1) is 6.54 Å². The van der Waals surface area contributed by atoms with E-state index in [0.717, 1.165) is 46.7 Å². The summed E-state index contributed by atoms with van der Waals surface area (Å²) in [5.74, 6) is -0.185. The normalized spacial score (nSPS) is 14.4. The Kier molecular flexibility index (Phi) is 3.04. The number of nitrogens with one attached hydrogen (secondary N) is 1. The highest BCUT2D eigenvalue weighted by Crippen LogP contribution is 2.32. The fraction of sp³-hybridized carbons (Fsp3) is 0.176. The maximum Gasteiger partial charge on any atom is 0.123 e. The van der Waals surface area contributed by atoms with Crippen molar-refractivity contribution >= 4 is 34.9 Å². The molecule has 4 rings (SSSR count). The minimum absolute atomic E-state index is 0.185. The van der Waals surface area contributed by atoms with Crippen LogP contribution in [0, 0.1) is 5.82 Å². The molecule has 2 aromatic carbocycles. The Bertz CT molecular complexity index is 872. The third-order valence-corrected chi connectivity index (χ3v) is 4.70. The Morgan fingerprint density at radius 2 is 2.05 bits per heavy atom. The van der Waals surface area contributed by atoms with E-state index < -0.39 is 0 Å². The third-order valence-electron chi connectivity index (χ3n) is 4.32. The quantitative estimate of drug-likeness (QED) is 0.473. The van der Waals surface area contributed by atoms with E-state index in [1.807, 2.05) is 24.3 Å². The topological polar surface area (TPSA) is 45.0 Å². The van der Waals surface area contributed by atoms with Crippen LogP contribution >= 0.6 is 12.6 Å². The van der Waals surface area contributed by atoms with Gasteiger partial charge in [-0.25, -0.2) is 4.39 Å². The fourth-order valence-electron chi connectivity index (χ4n) is 3.16. The number of nitrogens with zero attached hydrogens (tertiary/aromatic N) is 1. The highest BCUT2D eigenvalue weighted by Gasteiger charge is 2.21. The molecule has 0 amide bonds. The average molecular weight is 313 g/mol. The second-order valence-electron chi connectivity index (χ2n) is 5.69. The number of aromatic nitrogens is 1. The van der Waals surface area contributed by atoms with Crippen LogP contribution < -0.4 is 10.6 Å². The van der Waals surface area contributed by atoms with Gasteiger partial charge in [-0.15, -0.1) is 12.6 Å². The Morgan fingerprint density at radius 1 is 1.18 bits per heavy atom. The lowest BCUT2D eigenvalue weighted by molar-refractivity contribution is 0.629. The molecule has 0 saturated heterocycles. The van der Waals surface area contributed by atoms with Gasteiger partial charge in [0, 0.05) is 39.4 Å². The van der Waals surface area contributed by atoms with Crippen molar-refractivity contribution in [3.63, 3.8) is 0 Å². The van der Waals surface area contributed by atoms with Gasteiger partial charge in [0.25, 0.3) is 0 Å². The van der Waals surface area contributed by atoms with Gasteiger partial charge < -0.3 is 15.6 Å². The van der Waals surface area contributed by atoms with Gasteiger partial charge in [-0.2, -0.15) is 0 Å². The molecule has 0 bridgehead atoms. The van der Waals surface area contributed by atoms with Crippen molar-refractivity contribution in [1.82, 2.24) is 4.98 Å². The van der Waals surface area contributed by atoms with Gasteiger partial charge in [-0.3, -0.25) is 0 Å². The summed E-state index contributed by atoms with van der Waals surface area (Å²) in [6.07, 6.45) is 0.894. The zero-order valence-electron chi connectivity index (χ0n) is 11.9. The average Bonchev–Trinajstić information content (AvgIpc) is 2.87. The van der Waals surface area contributed by atoms with E-state index in [1.54, 1.807) is 6.07 Å². The smallest absolute Gasteiger partial charge is 0.123 e. The number of fused-ring (bicyclic) bond motifs is 3. The van der Waals surface area contributed by atoms with Crippen molar-refractivity contribution in [2.24, 2.45) is 0 Å². The number of rotatable bonds is 1. The van der Waals surface area contributed by atoms with Crippen LogP contribution in [0.25, 0.3) is 10.9 Å². The summed E-state index contributed by atoms with van der Waals surface area (Å²) >= 11 is 4.39. The maximum atomic E-state index is 13.5. The molecule has 3 aromatic rings. The van der Waals surface area contributed by atoms with Crippen LogP contribution in [0.5, 0.6) is 0 Å². The van der Waals surface area contributed by atoms with Crippen LogP contribution in [-0.2, 0) is 13.0 Å². The molecule has 0 radical (unpaired) electrons. The predicted octanol–water partition coefficient (Wildman–Crippen LogP) is 3.74. The number of thiol groups is 1. The fourth-order valence-corrected chi connectivity index (χ4v) is 3.37. The zero-order chi connectivity index (χ0) is 15.3. The SMILES string of the molecule is Nc1ccc(N2CCc3c([nH]c4ccc(F)cc34)C2)cc1S. The van der Waals surface area contributed by atoms with Gasteiger partial charge in [-0.05, 0) is 48.4 Å². The van der Waals surface area contributed by atoms with E-state index >= 15 is 0 Å². The summed E-state index contributed by atoms with van der Waals surface area (Å²) in [5.41, 5.74) is 11.0. The molecule has 1 aromatic heterocycles. The van der Waals surface area contributed by atoms with Gasteiger partial charge >= 0.3 is 0 Å². The van der Waals surface area contributed by atoms with E-state index in [9.17, 15) is 4.39 Å². The number of aromatic amines is 1. The minimum Gasteiger partial charge on any atom is -0.398 e. The van der Waals surface area contributed by atoms with Gasteiger partial charge in [0.15, 0.2) is 0 Å². The predicted molar refractivity (Wildman–Crippen MR) is 91.1 cm³/mol. The first-order valence-corrected chi connectivity index (χ1v) is 7.69. The van der Waals surface area contributed by atoms with Crippen LogP contribution in [0.15, 0.2) is 41.3 Å². The molecule has 2 heterocycles. The maximum absolute atomic E-state index is 13.5.